The quantitative estimate of drug-likeness (QED) is 0.221. The lowest BCUT2D eigenvalue weighted by molar-refractivity contribution is -0.126. The van der Waals surface area contributed by atoms with Crippen LogP contribution in [-0.4, -0.2) is 78.7 Å². The van der Waals surface area contributed by atoms with E-state index in [9.17, 15) is 14.4 Å². The van der Waals surface area contributed by atoms with Crippen molar-refractivity contribution in [1.29, 1.82) is 0 Å². The van der Waals surface area contributed by atoms with Crippen molar-refractivity contribution in [3.05, 3.63) is 95.6 Å². The summed E-state index contributed by atoms with van der Waals surface area (Å²) in [5.74, 6) is -0.367. The van der Waals surface area contributed by atoms with E-state index in [-0.39, 0.29) is 29.6 Å². The molecule has 43 heavy (non-hydrogen) atoms. The van der Waals surface area contributed by atoms with Crippen LogP contribution in [0.25, 0.3) is 0 Å². The van der Waals surface area contributed by atoms with Crippen molar-refractivity contribution >= 4 is 17.7 Å². The number of carbonyl (C=O) groups excluding carboxylic acids is 3. The van der Waals surface area contributed by atoms with E-state index in [1.807, 2.05) is 30.4 Å². The van der Waals surface area contributed by atoms with E-state index in [1.165, 1.54) is 30.6 Å². The molecule has 2 aromatic rings. The molecule has 0 radical (unpaired) electrons. The number of amides is 3. The van der Waals surface area contributed by atoms with Gasteiger partial charge in [-0.3, -0.25) is 19.3 Å². The summed E-state index contributed by atoms with van der Waals surface area (Å²) in [6, 6.07) is 17.2. The fourth-order valence-electron chi connectivity index (χ4n) is 7.37. The third kappa shape index (κ3) is 6.68. The average Bonchev–Trinajstić information content (AvgIpc) is 3.77. The summed E-state index contributed by atoms with van der Waals surface area (Å²) in [5.41, 5.74) is 7.59. The van der Waals surface area contributed by atoms with Gasteiger partial charge in [0.1, 0.15) is 0 Å². The number of fused-ring (bicyclic) bond motifs is 1. The lowest BCUT2D eigenvalue weighted by Gasteiger charge is -2.40. The minimum atomic E-state index is -0.712. The predicted octanol–water partition coefficient (Wildman–Crippen LogP) is 5.04. The van der Waals surface area contributed by atoms with Crippen LogP contribution in [0.5, 0.6) is 0 Å². The van der Waals surface area contributed by atoms with Gasteiger partial charge in [0.05, 0.1) is 16.5 Å². The fourth-order valence-corrected chi connectivity index (χ4v) is 7.37. The second-order valence-electron chi connectivity index (χ2n) is 12.4. The zero-order valence-electron chi connectivity index (χ0n) is 25.5. The van der Waals surface area contributed by atoms with Gasteiger partial charge < -0.3 is 15.5 Å². The summed E-state index contributed by atoms with van der Waals surface area (Å²) in [7, 11) is 2.12. The van der Waals surface area contributed by atoms with Crippen molar-refractivity contribution in [2.45, 2.75) is 50.4 Å². The number of benzene rings is 2. The third-order valence-electron chi connectivity index (χ3n) is 9.66. The minimum absolute atomic E-state index is 0.00202. The van der Waals surface area contributed by atoms with Crippen molar-refractivity contribution in [2.24, 2.45) is 17.6 Å². The average molecular weight is 583 g/mol. The van der Waals surface area contributed by atoms with E-state index < -0.39 is 5.41 Å². The number of carbonyl (C=O) groups is 3. The van der Waals surface area contributed by atoms with Gasteiger partial charge in [0.25, 0.3) is 11.8 Å². The Balaban J connectivity index is 0.978. The lowest BCUT2D eigenvalue weighted by Crippen LogP contribution is -2.52. The first-order chi connectivity index (χ1) is 20.9. The molecule has 3 amide bonds. The zero-order chi connectivity index (χ0) is 30.2. The number of imide groups is 1. The summed E-state index contributed by atoms with van der Waals surface area (Å²) < 4.78 is 0. The van der Waals surface area contributed by atoms with Gasteiger partial charge in [-0.25, -0.2) is 0 Å². The normalized spacial score (nSPS) is 20.0. The molecule has 7 nitrogen and oxygen atoms in total. The van der Waals surface area contributed by atoms with Gasteiger partial charge in [-0.05, 0) is 82.5 Å². The van der Waals surface area contributed by atoms with Gasteiger partial charge >= 0.3 is 0 Å². The number of nitrogens with zero attached hydrogens (tertiary/aromatic N) is 3. The largest absolute Gasteiger partial charge is 0.369 e. The number of likely N-dealkylation sites (tertiary alicyclic amines) is 1. The maximum absolute atomic E-state index is 13.2. The molecule has 0 saturated carbocycles. The first kappa shape index (κ1) is 30.9. The number of primary amides is 1. The summed E-state index contributed by atoms with van der Waals surface area (Å²) in [5, 5.41) is 0. The first-order valence-corrected chi connectivity index (χ1v) is 16.0. The van der Waals surface area contributed by atoms with E-state index in [0.717, 1.165) is 57.5 Å². The maximum Gasteiger partial charge on any atom is 0.261 e. The van der Waals surface area contributed by atoms with E-state index >= 15 is 0 Å². The summed E-state index contributed by atoms with van der Waals surface area (Å²) in [4.78, 5) is 44.5. The van der Waals surface area contributed by atoms with Crippen LogP contribution in [0.2, 0.25) is 0 Å². The Kier molecular flexibility index (Phi) is 10.3. The van der Waals surface area contributed by atoms with Gasteiger partial charge in [-0.1, -0.05) is 86.0 Å². The van der Waals surface area contributed by atoms with Crippen molar-refractivity contribution in [1.82, 2.24) is 14.7 Å². The van der Waals surface area contributed by atoms with Crippen LogP contribution in [-0.2, 0) is 10.2 Å². The lowest BCUT2D eigenvalue weighted by atomic mass is 9.61. The molecule has 5 rings (SSSR count). The monoisotopic (exact) mass is 582 g/mol. The van der Waals surface area contributed by atoms with Crippen molar-refractivity contribution in [3.8, 4) is 0 Å². The van der Waals surface area contributed by atoms with Gasteiger partial charge in [-0.15, -0.1) is 0 Å². The molecular formula is C36H46N4O3. The van der Waals surface area contributed by atoms with Crippen LogP contribution >= 0.6 is 0 Å². The number of unbranched alkanes of at least 4 members (excludes halogenated alkanes) is 4. The number of hydrogen-bond donors (Lipinski definition) is 1. The number of rotatable bonds is 16. The minimum Gasteiger partial charge on any atom is -0.369 e. The van der Waals surface area contributed by atoms with E-state index in [2.05, 4.69) is 41.1 Å². The Bertz CT molecular complexity index is 1290. The van der Waals surface area contributed by atoms with Crippen LogP contribution in [0.4, 0.5) is 0 Å². The molecule has 1 aliphatic carbocycles. The Morgan fingerprint density at radius 1 is 0.837 bits per heavy atom. The molecular weight excluding hydrogens is 536 g/mol. The van der Waals surface area contributed by atoms with Crippen LogP contribution in [0.3, 0.4) is 0 Å². The third-order valence-corrected chi connectivity index (χ3v) is 9.66. The van der Waals surface area contributed by atoms with E-state index in [4.69, 9.17) is 5.73 Å². The molecule has 3 aliphatic rings. The molecule has 2 aliphatic heterocycles. The molecule has 2 atom stereocenters. The van der Waals surface area contributed by atoms with Crippen molar-refractivity contribution < 1.29 is 14.4 Å². The smallest absolute Gasteiger partial charge is 0.261 e. The van der Waals surface area contributed by atoms with Crippen LogP contribution in [0.15, 0.2) is 78.9 Å². The van der Waals surface area contributed by atoms with Crippen LogP contribution in [0, 0.1) is 11.8 Å². The molecule has 0 spiro atoms. The number of nitrogens with two attached hydrogens (primary N) is 1. The highest BCUT2D eigenvalue weighted by Crippen LogP contribution is 2.46. The molecule has 0 aromatic heterocycles. The van der Waals surface area contributed by atoms with Crippen molar-refractivity contribution in [3.63, 3.8) is 0 Å². The first-order valence-electron chi connectivity index (χ1n) is 16.0. The highest BCUT2D eigenvalue weighted by atomic mass is 16.2. The van der Waals surface area contributed by atoms with Crippen LogP contribution < -0.4 is 5.73 Å². The van der Waals surface area contributed by atoms with Gasteiger partial charge in [0, 0.05) is 19.0 Å². The van der Waals surface area contributed by atoms with Gasteiger partial charge in [0.2, 0.25) is 5.91 Å². The molecule has 1 saturated heterocycles. The molecule has 228 valence electrons. The highest BCUT2D eigenvalue weighted by Gasteiger charge is 2.52. The molecule has 2 unspecified atom stereocenters. The Hall–Kier alpha value is -3.55. The van der Waals surface area contributed by atoms with E-state index in [0.29, 0.717) is 17.7 Å². The molecule has 2 heterocycles. The van der Waals surface area contributed by atoms with E-state index in [1.54, 1.807) is 24.3 Å². The topological polar surface area (TPSA) is 86.9 Å². The zero-order valence-corrected chi connectivity index (χ0v) is 25.5. The SMILES string of the molecule is CN(CCCCCCCN1CCC(C(C(N)=O)(c2ccccc2)C2C=CC=C2)C1)CCCN1C(=O)c2ccccc2C1=O. The highest BCUT2D eigenvalue weighted by molar-refractivity contribution is 6.21. The van der Waals surface area contributed by atoms with Gasteiger partial charge in [0.15, 0.2) is 0 Å². The summed E-state index contributed by atoms with van der Waals surface area (Å²) >= 11 is 0. The molecule has 0 bridgehead atoms. The second kappa shape index (κ2) is 14.3. The van der Waals surface area contributed by atoms with Gasteiger partial charge in [-0.2, -0.15) is 0 Å². The summed E-state index contributed by atoms with van der Waals surface area (Å²) in [6.45, 7) is 5.34. The van der Waals surface area contributed by atoms with Crippen molar-refractivity contribution in [2.75, 3.05) is 46.3 Å². The molecule has 2 N–H and O–H groups in total. The molecule has 1 fully saturated rings. The Morgan fingerprint density at radius 3 is 2.12 bits per heavy atom. The predicted molar refractivity (Wildman–Crippen MR) is 171 cm³/mol. The fraction of sp³-hybridized carbons (Fsp3) is 0.472. The summed E-state index contributed by atoms with van der Waals surface area (Å²) in [6.07, 6.45) is 16.0. The Labute approximate surface area is 256 Å². The molecule has 2 aromatic carbocycles. The van der Waals surface area contributed by atoms with Crippen LogP contribution in [0.1, 0.15) is 71.2 Å². The maximum atomic E-state index is 13.2. The second-order valence-corrected chi connectivity index (χ2v) is 12.4. The number of allylic oxidation sites excluding steroid dienone is 4. The Morgan fingerprint density at radius 2 is 1.44 bits per heavy atom. The standard InChI is InChI=1S/C36H46N4O3/c1-38(23-14-25-40-33(41)31-19-10-11-20-32(31)34(40)42)22-12-3-2-4-13-24-39-26-21-30(27-39)36(35(37)43,29-17-8-9-18-29)28-15-6-5-7-16-28/h5-11,15-20,29-30H,2-4,12-14,21-27H2,1H3,(H2,37,43). The number of hydrogen-bond acceptors (Lipinski definition) is 5. The molecule has 7 heteroatoms.